The number of para-hydroxylation sites is 1. The van der Waals surface area contributed by atoms with E-state index >= 15 is 0 Å². The van der Waals surface area contributed by atoms with Crippen LogP contribution in [0.5, 0.6) is 0 Å². The Morgan fingerprint density at radius 3 is 2.22 bits per heavy atom. The van der Waals surface area contributed by atoms with Crippen molar-refractivity contribution in [2.45, 2.75) is 32.7 Å². The normalized spacial score (nSPS) is 14.2. The predicted octanol–water partition coefficient (Wildman–Crippen LogP) is 5.11. The van der Waals surface area contributed by atoms with Crippen molar-refractivity contribution >= 4 is 17.5 Å². The number of aryl methyl sites for hydroxylation is 1. The van der Waals surface area contributed by atoms with Gasteiger partial charge in [-0.2, -0.15) is 4.98 Å². The van der Waals surface area contributed by atoms with Gasteiger partial charge in [-0.05, 0) is 43.9 Å². The van der Waals surface area contributed by atoms with Gasteiger partial charge in [-0.25, -0.2) is 4.98 Å². The first-order valence-electron chi connectivity index (χ1n) is 9.77. The number of anilines is 3. The fourth-order valence-electron chi connectivity index (χ4n) is 3.59. The van der Waals surface area contributed by atoms with Gasteiger partial charge in [0.1, 0.15) is 5.82 Å². The van der Waals surface area contributed by atoms with Gasteiger partial charge in [-0.1, -0.05) is 48.5 Å². The minimum Gasteiger partial charge on any atom is -0.341 e. The second-order valence-electron chi connectivity index (χ2n) is 7.12. The van der Waals surface area contributed by atoms with E-state index in [-0.39, 0.29) is 0 Å². The molecule has 4 heteroatoms. The van der Waals surface area contributed by atoms with E-state index in [0.29, 0.717) is 0 Å². The minimum absolute atomic E-state index is 0.779. The first kappa shape index (κ1) is 17.5. The fraction of sp³-hybridized carbons (Fsp3) is 0.304. The molecule has 1 aliphatic heterocycles. The van der Waals surface area contributed by atoms with Gasteiger partial charge in [-0.15, -0.1) is 0 Å². The van der Waals surface area contributed by atoms with Crippen LogP contribution in [0.15, 0.2) is 66.7 Å². The Balaban J connectivity index is 1.72. The highest BCUT2D eigenvalue weighted by molar-refractivity contribution is 5.61. The lowest BCUT2D eigenvalue weighted by Crippen LogP contribution is -2.31. The van der Waals surface area contributed by atoms with Gasteiger partial charge in [0.05, 0.1) is 0 Å². The number of nitrogens with zero attached hydrogens (tertiary/aromatic N) is 4. The van der Waals surface area contributed by atoms with Crippen molar-refractivity contribution in [3.8, 4) is 0 Å². The van der Waals surface area contributed by atoms with Crippen LogP contribution in [-0.2, 0) is 6.54 Å². The number of hydrogen-bond donors (Lipinski definition) is 0. The van der Waals surface area contributed by atoms with E-state index in [1.54, 1.807) is 0 Å². The molecule has 0 aliphatic carbocycles. The molecule has 1 fully saturated rings. The summed E-state index contributed by atoms with van der Waals surface area (Å²) in [6.45, 7) is 4.94. The molecule has 0 saturated carbocycles. The Kier molecular flexibility index (Phi) is 5.33. The molecule has 1 aliphatic rings. The van der Waals surface area contributed by atoms with E-state index in [0.717, 1.165) is 42.8 Å². The molecule has 0 amide bonds. The molecule has 2 heterocycles. The summed E-state index contributed by atoms with van der Waals surface area (Å²) in [7, 11) is 0. The van der Waals surface area contributed by atoms with Gasteiger partial charge in [0.25, 0.3) is 0 Å². The Morgan fingerprint density at radius 1 is 0.852 bits per heavy atom. The molecular formula is C23H26N4. The van der Waals surface area contributed by atoms with E-state index in [2.05, 4.69) is 83.5 Å². The Bertz CT molecular complexity index is 858. The molecule has 0 N–H and O–H groups in total. The van der Waals surface area contributed by atoms with Crippen molar-refractivity contribution in [3.63, 3.8) is 0 Å². The average molecular weight is 358 g/mol. The second kappa shape index (κ2) is 8.21. The van der Waals surface area contributed by atoms with Gasteiger partial charge in [0.2, 0.25) is 5.95 Å². The van der Waals surface area contributed by atoms with Crippen molar-refractivity contribution < 1.29 is 0 Å². The van der Waals surface area contributed by atoms with Gasteiger partial charge < -0.3 is 9.80 Å². The van der Waals surface area contributed by atoms with Gasteiger partial charge in [0.15, 0.2) is 0 Å². The highest BCUT2D eigenvalue weighted by Gasteiger charge is 2.18. The van der Waals surface area contributed by atoms with E-state index in [1.807, 2.05) is 0 Å². The zero-order valence-electron chi connectivity index (χ0n) is 15.9. The molecule has 0 unspecified atom stereocenters. The summed E-state index contributed by atoms with van der Waals surface area (Å²) in [4.78, 5) is 14.3. The summed E-state index contributed by atoms with van der Waals surface area (Å²) in [5.74, 6) is 1.82. The van der Waals surface area contributed by atoms with Crippen LogP contribution in [-0.4, -0.2) is 23.1 Å². The second-order valence-corrected chi connectivity index (χ2v) is 7.12. The third-order valence-corrected chi connectivity index (χ3v) is 5.00. The Labute approximate surface area is 161 Å². The maximum Gasteiger partial charge on any atom is 0.227 e. The number of rotatable bonds is 5. The van der Waals surface area contributed by atoms with E-state index < -0.39 is 0 Å². The van der Waals surface area contributed by atoms with Crippen LogP contribution in [0.25, 0.3) is 0 Å². The number of aromatic nitrogens is 2. The zero-order chi connectivity index (χ0) is 18.5. The van der Waals surface area contributed by atoms with Crippen LogP contribution in [0.4, 0.5) is 17.5 Å². The third kappa shape index (κ3) is 4.27. The molecule has 0 bridgehead atoms. The Hall–Kier alpha value is -2.88. The molecule has 0 atom stereocenters. The summed E-state index contributed by atoms with van der Waals surface area (Å²) in [5, 5.41) is 0. The molecule has 3 aromatic rings. The predicted molar refractivity (Wildman–Crippen MR) is 112 cm³/mol. The number of hydrogen-bond acceptors (Lipinski definition) is 4. The molecule has 2 aromatic carbocycles. The standard InChI is InChI=1S/C23H26N4/c1-19-17-22(25-23(24-19)26-15-9-4-10-16-26)27(21-13-7-3-8-14-21)18-20-11-5-2-6-12-20/h2-3,5-8,11-14,17H,4,9-10,15-16,18H2,1H3. The van der Waals surface area contributed by atoms with Crippen LogP contribution < -0.4 is 9.80 Å². The fourth-order valence-corrected chi connectivity index (χ4v) is 3.59. The van der Waals surface area contributed by atoms with Crippen LogP contribution in [0.3, 0.4) is 0 Å². The number of benzene rings is 2. The first-order valence-corrected chi connectivity index (χ1v) is 9.77. The van der Waals surface area contributed by atoms with Crippen molar-refractivity contribution in [2.24, 2.45) is 0 Å². The summed E-state index contributed by atoms with van der Waals surface area (Å²) in [6.07, 6.45) is 3.75. The van der Waals surface area contributed by atoms with Crippen molar-refractivity contribution in [1.29, 1.82) is 0 Å². The average Bonchev–Trinajstić information content (AvgIpc) is 2.73. The summed E-state index contributed by atoms with van der Waals surface area (Å²) < 4.78 is 0. The topological polar surface area (TPSA) is 32.3 Å². The van der Waals surface area contributed by atoms with Crippen LogP contribution in [0.2, 0.25) is 0 Å². The quantitative estimate of drug-likeness (QED) is 0.634. The smallest absolute Gasteiger partial charge is 0.227 e. The molecule has 27 heavy (non-hydrogen) atoms. The van der Waals surface area contributed by atoms with Crippen molar-refractivity contribution in [3.05, 3.63) is 78.0 Å². The highest BCUT2D eigenvalue weighted by atomic mass is 15.3. The minimum atomic E-state index is 0.779. The molecule has 1 aromatic heterocycles. The lowest BCUT2D eigenvalue weighted by molar-refractivity contribution is 0.567. The van der Waals surface area contributed by atoms with E-state index in [4.69, 9.17) is 9.97 Å². The largest absolute Gasteiger partial charge is 0.341 e. The first-order chi connectivity index (χ1) is 13.3. The number of piperidine rings is 1. The summed E-state index contributed by atoms with van der Waals surface area (Å²) >= 11 is 0. The molecule has 138 valence electrons. The summed E-state index contributed by atoms with van der Waals surface area (Å²) in [5.41, 5.74) is 3.41. The lowest BCUT2D eigenvalue weighted by Gasteiger charge is -2.29. The maximum atomic E-state index is 4.97. The molecule has 4 rings (SSSR count). The molecule has 0 radical (unpaired) electrons. The highest BCUT2D eigenvalue weighted by Crippen LogP contribution is 2.28. The van der Waals surface area contributed by atoms with Gasteiger partial charge in [0, 0.05) is 37.1 Å². The van der Waals surface area contributed by atoms with E-state index in [9.17, 15) is 0 Å². The van der Waals surface area contributed by atoms with E-state index in [1.165, 1.54) is 24.8 Å². The van der Waals surface area contributed by atoms with Crippen LogP contribution >= 0.6 is 0 Å². The van der Waals surface area contributed by atoms with Gasteiger partial charge in [-0.3, -0.25) is 0 Å². The molecule has 1 saturated heterocycles. The Morgan fingerprint density at radius 2 is 1.52 bits per heavy atom. The van der Waals surface area contributed by atoms with Crippen molar-refractivity contribution in [1.82, 2.24) is 9.97 Å². The SMILES string of the molecule is Cc1cc(N(Cc2ccccc2)c2ccccc2)nc(N2CCCCC2)n1. The molecule has 4 nitrogen and oxygen atoms in total. The van der Waals surface area contributed by atoms with Crippen molar-refractivity contribution in [2.75, 3.05) is 22.9 Å². The van der Waals surface area contributed by atoms with Crippen LogP contribution in [0, 0.1) is 6.92 Å². The zero-order valence-corrected chi connectivity index (χ0v) is 15.9. The molecular weight excluding hydrogens is 332 g/mol. The van der Waals surface area contributed by atoms with Gasteiger partial charge >= 0.3 is 0 Å². The maximum absolute atomic E-state index is 4.97. The summed E-state index contributed by atoms with van der Waals surface area (Å²) in [6, 6.07) is 23.1. The molecule has 0 spiro atoms. The van der Waals surface area contributed by atoms with Crippen LogP contribution in [0.1, 0.15) is 30.5 Å². The lowest BCUT2D eigenvalue weighted by atomic mass is 10.1. The monoisotopic (exact) mass is 358 g/mol. The third-order valence-electron chi connectivity index (χ3n) is 5.00.